The predicted octanol–water partition coefficient (Wildman–Crippen LogP) is 2.05. The fraction of sp³-hybridized carbons (Fsp3) is 0.125. The van der Waals surface area contributed by atoms with Gasteiger partial charge in [0.15, 0.2) is 5.78 Å². The second-order valence-electron chi connectivity index (χ2n) is 2.10. The highest BCUT2D eigenvalue weighted by Crippen LogP contribution is 2.02. The van der Waals surface area contributed by atoms with Gasteiger partial charge in [0.25, 0.3) is 0 Å². The third-order valence-corrected chi connectivity index (χ3v) is 1.74. The largest absolute Gasteiger partial charge is 0.293 e. The van der Waals surface area contributed by atoms with Gasteiger partial charge in [-0.2, -0.15) is 0 Å². The summed E-state index contributed by atoms with van der Waals surface area (Å²) in [4.78, 5) is 11.1. The van der Waals surface area contributed by atoms with Crippen molar-refractivity contribution in [3.05, 3.63) is 35.9 Å². The number of ketones is 1. The normalized spacial score (nSPS) is 8.75. The first-order valence-corrected chi connectivity index (χ1v) is 4.29. The first-order valence-electron chi connectivity index (χ1n) is 3.24. The molecule has 0 radical (unpaired) electrons. The van der Waals surface area contributed by atoms with Gasteiger partial charge < -0.3 is 0 Å². The van der Waals surface area contributed by atoms with Crippen molar-refractivity contribution in [2.24, 2.45) is 5.14 Å². The van der Waals surface area contributed by atoms with E-state index in [1.165, 1.54) is 0 Å². The second-order valence-corrected chi connectivity index (χ2v) is 2.72. The Labute approximate surface area is 86.4 Å². The molecular formula is C8H10BrNOS. The van der Waals surface area contributed by atoms with Crippen molar-refractivity contribution in [2.75, 3.05) is 5.75 Å². The Morgan fingerprint density at radius 1 is 1.33 bits per heavy atom. The summed E-state index contributed by atoms with van der Waals surface area (Å²) in [6.07, 6.45) is 0. The molecule has 4 heteroatoms. The van der Waals surface area contributed by atoms with E-state index in [-0.39, 0.29) is 22.8 Å². The molecule has 0 atom stereocenters. The molecule has 1 aromatic rings. The Kier molecular flexibility index (Phi) is 6.06. The number of halogens is 1. The van der Waals surface area contributed by atoms with E-state index < -0.39 is 0 Å². The van der Waals surface area contributed by atoms with Crippen LogP contribution < -0.4 is 5.14 Å². The van der Waals surface area contributed by atoms with Gasteiger partial charge in [0.1, 0.15) is 0 Å². The standard InChI is InChI=1S/C8H9NOS.BrH/c9-11-6-8(10)7-4-2-1-3-5-7;/h1-5H,6,9H2;1H. The molecule has 2 N–H and O–H groups in total. The Morgan fingerprint density at radius 2 is 1.92 bits per heavy atom. The molecule has 0 fully saturated rings. The molecule has 0 saturated heterocycles. The second kappa shape index (κ2) is 6.22. The number of hydrogen-bond donors (Lipinski definition) is 1. The lowest BCUT2D eigenvalue weighted by Crippen LogP contribution is -2.03. The number of hydrogen-bond acceptors (Lipinski definition) is 3. The molecule has 0 spiro atoms. The van der Waals surface area contributed by atoms with E-state index in [1.54, 1.807) is 12.1 Å². The Morgan fingerprint density at radius 3 is 2.42 bits per heavy atom. The van der Waals surface area contributed by atoms with Crippen LogP contribution in [0.15, 0.2) is 30.3 Å². The van der Waals surface area contributed by atoms with Crippen LogP contribution in [0.1, 0.15) is 10.4 Å². The monoisotopic (exact) mass is 247 g/mol. The number of Topliss-reactive ketones (excluding diaryl/α,β-unsaturated/α-hetero) is 1. The van der Waals surface area contributed by atoms with E-state index in [4.69, 9.17) is 5.14 Å². The van der Waals surface area contributed by atoms with Crippen LogP contribution in [0.25, 0.3) is 0 Å². The highest BCUT2D eigenvalue weighted by molar-refractivity contribution is 8.93. The SMILES string of the molecule is Br.NSCC(=O)c1ccccc1. The molecule has 0 unspecified atom stereocenters. The predicted molar refractivity (Wildman–Crippen MR) is 57.7 cm³/mol. The third-order valence-electron chi connectivity index (χ3n) is 1.31. The maximum atomic E-state index is 11.1. The summed E-state index contributed by atoms with van der Waals surface area (Å²) in [5.74, 6) is 0.433. The first-order chi connectivity index (χ1) is 5.34. The van der Waals surface area contributed by atoms with E-state index in [9.17, 15) is 4.79 Å². The smallest absolute Gasteiger partial charge is 0.174 e. The highest BCUT2D eigenvalue weighted by Gasteiger charge is 2.01. The van der Waals surface area contributed by atoms with Crippen molar-refractivity contribution in [3.63, 3.8) is 0 Å². The van der Waals surface area contributed by atoms with Gasteiger partial charge in [-0.25, -0.2) is 0 Å². The summed E-state index contributed by atoms with van der Waals surface area (Å²) >= 11 is 1.06. The molecule has 12 heavy (non-hydrogen) atoms. The Bertz CT molecular complexity index is 240. The average Bonchev–Trinajstić information content (AvgIpc) is 2.07. The lowest BCUT2D eigenvalue weighted by molar-refractivity contribution is 0.102. The van der Waals surface area contributed by atoms with Crippen molar-refractivity contribution < 1.29 is 4.79 Å². The average molecular weight is 248 g/mol. The number of carbonyl (C=O) groups is 1. The minimum absolute atomic E-state index is 0. The maximum Gasteiger partial charge on any atom is 0.174 e. The molecule has 0 saturated carbocycles. The molecule has 1 aromatic carbocycles. The van der Waals surface area contributed by atoms with Crippen LogP contribution in [-0.4, -0.2) is 11.5 Å². The highest BCUT2D eigenvalue weighted by atomic mass is 79.9. The minimum atomic E-state index is 0. The van der Waals surface area contributed by atoms with Gasteiger partial charge in [-0.1, -0.05) is 42.3 Å². The Balaban J connectivity index is 0.00000121. The van der Waals surface area contributed by atoms with Gasteiger partial charge in [0.05, 0.1) is 5.75 Å². The van der Waals surface area contributed by atoms with Gasteiger partial charge in [0, 0.05) is 5.56 Å². The molecular weight excluding hydrogens is 238 g/mol. The van der Waals surface area contributed by atoms with Gasteiger partial charge in [-0.15, -0.1) is 17.0 Å². The minimum Gasteiger partial charge on any atom is -0.293 e. The fourth-order valence-corrected chi connectivity index (χ4v) is 1.10. The van der Waals surface area contributed by atoms with Crippen molar-refractivity contribution in [1.29, 1.82) is 0 Å². The van der Waals surface area contributed by atoms with Gasteiger partial charge in [-0.05, 0) is 0 Å². The Hall–Kier alpha value is -0.320. The number of benzene rings is 1. The summed E-state index contributed by atoms with van der Waals surface area (Å²) in [6.45, 7) is 0. The van der Waals surface area contributed by atoms with Crippen molar-refractivity contribution in [1.82, 2.24) is 0 Å². The molecule has 0 aromatic heterocycles. The molecule has 0 aliphatic carbocycles. The van der Waals surface area contributed by atoms with Gasteiger partial charge in [-0.3, -0.25) is 9.93 Å². The quantitative estimate of drug-likeness (QED) is 0.657. The lowest BCUT2D eigenvalue weighted by atomic mass is 10.2. The number of rotatable bonds is 3. The van der Waals surface area contributed by atoms with E-state index in [2.05, 4.69) is 0 Å². The van der Waals surface area contributed by atoms with Crippen LogP contribution in [0.4, 0.5) is 0 Å². The van der Waals surface area contributed by atoms with E-state index in [0.717, 1.165) is 17.5 Å². The zero-order valence-corrected chi connectivity index (χ0v) is 8.93. The van der Waals surface area contributed by atoms with E-state index >= 15 is 0 Å². The van der Waals surface area contributed by atoms with Gasteiger partial charge >= 0.3 is 0 Å². The topological polar surface area (TPSA) is 43.1 Å². The summed E-state index contributed by atoms with van der Waals surface area (Å²) in [7, 11) is 0. The van der Waals surface area contributed by atoms with E-state index in [0.29, 0.717) is 5.75 Å². The lowest BCUT2D eigenvalue weighted by Gasteiger charge is -1.95. The first kappa shape index (κ1) is 11.7. The van der Waals surface area contributed by atoms with Crippen molar-refractivity contribution in [2.45, 2.75) is 0 Å². The molecule has 0 heterocycles. The van der Waals surface area contributed by atoms with Crippen LogP contribution in [0.5, 0.6) is 0 Å². The van der Waals surface area contributed by atoms with E-state index in [1.807, 2.05) is 18.2 Å². The summed E-state index contributed by atoms with van der Waals surface area (Å²) < 4.78 is 0. The molecule has 1 rings (SSSR count). The van der Waals surface area contributed by atoms with Crippen LogP contribution in [0, 0.1) is 0 Å². The fourth-order valence-electron chi connectivity index (χ4n) is 0.783. The number of carbonyl (C=O) groups excluding carboxylic acids is 1. The van der Waals surface area contributed by atoms with Crippen LogP contribution in [0.2, 0.25) is 0 Å². The van der Waals surface area contributed by atoms with Crippen molar-refractivity contribution >= 4 is 34.7 Å². The molecule has 2 nitrogen and oxygen atoms in total. The summed E-state index contributed by atoms with van der Waals surface area (Å²) in [6, 6.07) is 9.15. The van der Waals surface area contributed by atoms with Gasteiger partial charge in [0.2, 0.25) is 0 Å². The molecule has 0 aliphatic heterocycles. The van der Waals surface area contributed by atoms with Crippen LogP contribution >= 0.6 is 28.9 Å². The zero-order chi connectivity index (χ0) is 8.10. The molecule has 0 bridgehead atoms. The van der Waals surface area contributed by atoms with Crippen molar-refractivity contribution in [3.8, 4) is 0 Å². The molecule has 0 amide bonds. The summed E-state index contributed by atoms with van der Waals surface area (Å²) in [5, 5.41) is 5.16. The molecule has 66 valence electrons. The molecule has 0 aliphatic rings. The van der Waals surface area contributed by atoms with Crippen LogP contribution in [-0.2, 0) is 0 Å². The third kappa shape index (κ3) is 3.38. The maximum absolute atomic E-state index is 11.1. The van der Waals surface area contributed by atoms with Crippen LogP contribution in [0.3, 0.4) is 0 Å². The summed E-state index contributed by atoms with van der Waals surface area (Å²) in [5.41, 5.74) is 0.727. The number of nitrogens with two attached hydrogens (primary N) is 1. The zero-order valence-electron chi connectivity index (χ0n) is 6.40.